The third-order valence-electron chi connectivity index (χ3n) is 4.07. The maximum absolute atomic E-state index is 12.8. The Bertz CT molecular complexity index is 908. The van der Waals surface area contributed by atoms with Gasteiger partial charge in [-0.3, -0.25) is 4.79 Å². The minimum absolute atomic E-state index is 0.115. The maximum atomic E-state index is 12.8. The summed E-state index contributed by atoms with van der Waals surface area (Å²) in [6, 6.07) is 1.55. The molecule has 1 aliphatic heterocycles. The molecule has 0 spiro atoms. The zero-order valence-corrected chi connectivity index (χ0v) is 13.1. The standard InChI is InChI=1S/C15H13ClN6O/c1-9-14-10(5-17-8-19-14)2-3-21(9)15(23)12-4-13-18-6-11(16)7-22(13)20-12/h4-9H,2-3H2,1H3. The van der Waals surface area contributed by atoms with E-state index in [2.05, 4.69) is 20.1 Å². The molecule has 23 heavy (non-hydrogen) atoms. The van der Waals surface area contributed by atoms with Crippen LogP contribution in [-0.4, -0.2) is 41.9 Å². The van der Waals surface area contributed by atoms with E-state index in [1.54, 1.807) is 17.2 Å². The van der Waals surface area contributed by atoms with Crippen LogP contribution in [0, 0.1) is 0 Å². The second-order valence-corrected chi connectivity index (χ2v) is 5.90. The third-order valence-corrected chi connectivity index (χ3v) is 4.27. The minimum atomic E-state index is -0.136. The fraction of sp³-hybridized carbons (Fsp3) is 0.267. The van der Waals surface area contributed by atoms with E-state index in [9.17, 15) is 4.79 Å². The number of carbonyl (C=O) groups excluding carboxylic acids is 1. The highest BCUT2D eigenvalue weighted by molar-refractivity contribution is 6.30. The lowest BCUT2D eigenvalue weighted by atomic mass is 10.00. The van der Waals surface area contributed by atoms with E-state index in [0.717, 1.165) is 17.7 Å². The molecule has 0 aliphatic carbocycles. The lowest BCUT2D eigenvalue weighted by Crippen LogP contribution is -2.39. The molecule has 1 atom stereocenters. The van der Waals surface area contributed by atoms with E-state index in [1.807, 2.05) is 13.1 Å². The Kier molecular flexibility index (Phi) is 3.23. The van der Waals surface area contributed by atoms with Crippen molar-refractivity contribution in [3.05, 3.63) is 53.0 Å². The molecule has 0 radical (unpaired) electrons. The minimum Gasteiger partial charge on any atom is -0.329 e. The highest BCUT2D eigenvalue weighted by atomic mass is 35.5. The Morgan fingerprint density at radius 3 is 3.09 bits per heavy atom. The van der Waals surface area contributed by atoms with Crippen LogP contribution in [0.4, 0.5) is 0 Å². The molecule has 1 aliphatic rings. The Morgan fingerprint density at radius 2 is 2.22 bits per heavy atom. The SMILES string of the molecule is CC1c2ncncc2CCN1C(=O)c1cc2ncc(Cl)cn2n1. The van der Waals surface area contributed by atoms with E-state index in [4.69, 9.17) is 11.6 Å². The zero-order valence-electron chi connectivity index (χ0n) is 12.3. The molecule has 0 bridgehead atoms. The van der Waals surface area contributed by atoms with E-state index in [-0.39, 0.29) is 11.9 Å². The Hall–Kier alpha value is -2.54. The van der Waals surface area contributed by atoms with Gasteiger partial charge in [0.15, 0.2) is 11.3 Å². The molecular formula is C15H13ClN6O. The summed E-state index contributed by atoms with van der Waals surface area (Å²) in [6.45, 7) is 2.58. The number of rotatable bonds is 1. The topological polar surface area (TPSA) is 76.3 Å². The zero-order chi connectivity index (χ0) is 16.0. The Morgan fingerprint density at radius 1 is 1.35 bits per heavy atom. The smallest absolute Gasteiger partial charge is 0.275 e. The van der Waals surface area contributed by atoms with Gasteiger partial charge in [0.1, 0.15) is 6.33 Å². The summed E-state index contributed by atoms with van der Waals surface area (Å²) in [6.07, 6.45) is 7.23. The van der Waals surface area contributed by atoms with Gasteiger partial charge < -0.3 is 4.90 Å². The van der Waals surface area contributed by atoms with Crippen molar-refractivity contribution >= 4 is 23.2 Å². The third kappa shape index (κ3) is 2.33. The first-order chi connectivity index (χ1) is 11.1. The highest BCUT2D eigenvalue weighted by Crippen LogP contribution is 2.28. The van der Waals surface area contributed by atoms with Crippen molar-refractivity contribution in [3.8, 4) is 0 Å². The van der Waals surface area contributed by atoms with Crippen molar-refractivity contribution in [1.82, 2.24) is 29.5 Å². The lowest BCUT2D eigenvalue weighted by Gasteiger charge is -2.33. The van der Waals surface area contributed by atoms with Gasteiger partial charge in [-0.15, -0.1) is 0 Å². The Balaban J connectivity index is 1.68. The number of aromatic nitrogens is 5. The monoisotopic (exact) mass is 328 g/mol. The molecule has 0 saturated carbocycles. The molecule has 3 aromatic rings. The fourth-order valence-electron chi connectivity index (χ4n) is 2.90. The van der Waals surface area contributed by atoms with Crippen molar-refractivity contribution in [1.29, 1.82) is 0 Å². The molecule has 7 nitrogen and oxygen atoms in total. The molecule has 0 aromatic carbocycles. The van der Waals surface area contributed by atoms with Gasteiger partial charge >= 0.3 is 0 Å². The predicted octanol–water partition coefficient (Wildman–Crippen LogP) is 1.93. The van der Waals surface area contributed by atoms with Crippen molar-refractivity contribution in [2.75, 3.05) is 6.54 Å². The molecule has 1 unspecified atom stereocenters. The van der Waals surface area contributed by atoms with Crippen molar-refractivity contribution in [2.45, 2.75) is 19.4 Å². The molecule has 0 fully saturated rings. The molecular weight excluding hydrogens is 316 g/mol. The average Bonchev–Trinajstić information content (AvgIpc) is 2.98. The Labute approximate surface area is 136 Å². The van der Waals surface area contributed by atoms with Gasteiger partial charge in [0.05, 0.1) is 23.0 Å². The first kappa shape index (κ1) is 14.1. The van der Waals surface area contributed by atoms with Gasteiger partial charge in [-0.05, 0) is 18.9 Å². The van der Waals surface area contributed by atoms with Crippen LogP contribution < -0.4 is 0 Å². The molecule has 4 rings (SSSR count). The lowest BCUT2D eigenvalue weighted by molar-refractivity contribution is 0.0666. The van der Waals surface area contributed by atoms with Crippen LogP contribution in [0.25, 0.3) is 5.65 Å². The largest absolute Gasteiger partial charge is 0.329 e. The quantitative estimate of drug-likeness (QED) is 0.682. The maximum Gasteiger partial charge on any atom is 0.275 e. The number of nitrogens with zero attached hydrogens (tertiary/aromatic N) is 6. The summed E-state index contributed by atoms with van der Waals surface area (Å²) < 4.78 is 1.51. The molecule has 4 heterocycles. The van der Waals surface area contributed by atoms with Crippen LogP contribution in [0.3, 0.4) is 0 Å². The van der Waals surface area contributed by atoms with Gasteiger partial charge in [-0.25, -0.2) is 19.5 Å². The molecule has 3 aromatic heterocycles. The van der Waals surface area contributed by atoms with Gasteiger partial charge in [0.25, 0.3) is 5.91 Å². The van der Waals surface area contributed by atoms with Gasteiger partial charge in [0, 0.05) is 25.0 Å². The summed E-state index contributed by atoms with van der Waals surface area (Å²) in [7, 11) is 0. The number of hydrogen-bond acceptors (Lipinski definition) is 5. The van der Waals surface area contributed by atoms with E-state index in [0.29, 0.717) is 22.9 Å². The number of fused-ring (bicyclic) bond motifs is 2. The summed E-state index contributed by atoms with van der Waals surface area (Å²) >= 11 is 5.90. The van der Waals surface area contributed by atoms with E-state index < -0.39 is 0 Å². The number of halogens is 1. The van der Waals surface area contributed by atoms with Crippen molar-refractivity contribution in [2.24, 2.45) is 0 Å². The van der Waals surface area contributed by atoms with Crippen molar-refractivity contribution < 1.29 is 4.79 Å². The summed E-state index contributed by atoms with van der Waals surface area (Å²) in [5, 5.41) is 4.75. The molecule has 1 amide bonds. The number of carbonyl (C=O) groups is 1. The van der Waals surface area contributed by atoms with Gasteiger partial charge in [-0.2, -0.15) is 5.10 Å². The summed E-state index contributed by atoms with van der Waals surface area (Å²) in [4.78, 5) is 27.1. The second kappa shape index (κ2) is 5.27. The van der Waals surface area contributed by atoms with E-state index >= 15 is 0 Å². The van der Waals surface area contributed by atoms with Crippen LogP contribution >= 0.6 is 11.6 Å². The highest BCUT2D eigenvalue weighted by Gasteiger charge is 2.30. The average molecular weight is 329 g/mol. The number of amides is 1. The number of hydrogen-bond donors (Lipinski definition) is 0. The fourth-order valence-corrected chi connectivity index (χ4v) is 3.04. The predicted molar refractivity (Wildman–Crippen MR) is 83.2 cm³/mol. The normalized spacial score (nSPS) is 17.3. The first-order valence-electron chi connectivity index (χ1n) is 7.24. The molecule has 0 saturated heterocycles. The summed E-state index contributed by atoms with van der Waals surface area (Å²) in [5.41, 5.74) is 2.92. The second-order valence-electron chi connectivity index (χ2n) is 5.46. The first-order valence-corrected chi connectivity index (χ1v) is 7.62. The van der Waals surface area contributed by atoms with Crippen LogP contribution in [0.1, 0.15) is 34.7 Å². The van der Waals surface area contributed by atoms with Crippen LogP contribution in [-0.2, 0) is 6.42 Å². The van der Waals surface area contributed by atoms with Crippen molar-refractivity contribution in [3.63, 3.8) is 0 Å². The molecule has 116 valence electrons. The molecule has 8 heteroatoms. The van der Waals surface area contributed by atoms with Crippen LogP contribution in [0.2, 0.25) is 5.02 Å². The van der Waals surface area contributed by atoms with Crippen LogP contribution in [0.5, 0.6) is 0 Å². The summed E-state index contributed by atoms with van der Waals surface area (Å²) in [5.74, 6) is -0.136. The van der Waals surface area contributed by atoms with E-state index in [1.165, 1.54) is 17.0 Å². The molecule has 0 N–H and O–H groups in total. The van der Waals surface area contributed by atoms with Crippen LogP contribution in [0.15, 0.2) is 31.0 Å². The van der Waals surface area contributed by atoms with Gasteiger partial charge in [0.2, 0.25) is 0 Å². The van der Waals surface area contributed by atoms with Gasteiger partial charge in [-0.1, -0.05) is 11.6 Å².